The van der Waals surface area contributed by atoms with Crippen LogP contribution in [0.4, 0.5) is 0 Å². The first kappa shape index (κ1) is 5.41. The van der Waals surface area contributed by atoms with Crippen molar-refractivity contribution < 1.29 is 0 Å². The van der Waals surface area contributed by atoms with Crippen LogP contribution in [-0.2, 0) is 0 Å². The van der Waals surface area contributed by atoms with E-state index in [0.29, 0.717) is 0 Å². The van der Waals surface area contributed by atoms with E-state index >= 15 is 0 Å². The fraction of sp³-hybridized carbons (Fsp3) is 0.600. The standard InChI is InChI=1S/C5H10N3/c6-7-5-8-3-1-2-4-8/h1,5H,2-4,6H2/b7-5-. The lowest BCUT2D eigenvalue weighted by molar-refractivity contribution is 0.541. The Balaban J connectivity index is 2.24. The predicted molar refractivity (Wildman–Crippen MR) is 33.2 cm³/mol. The first-order chi connectivity index (χ1) is 3.93. The first-order valence-corrected chi connectivity index (χ1v) is 2.72. The van der Waals surface area contributed by atoms with Gasteiger partial charge in [-0.25, -0.2) is 0 Å². The molecule has 1 heterocycles. The van der Waals surface area contributed by atoms with E-state index in [-0.39, 0.29) is 0 Å². The zero-order valence-electron chi connectivity index (χ0n) is 4.75. The molecule has 45 valence electrons. The monoisotopic (exact) mass is 112 g/mol. The molecule has 1 aliphatic heterocycles. The third-order valence-corrected chi connectivity index (χ3v) is 1.21. The molecule has 0 aromatic carbocycles. The molecular weight excluding hydrogens is 102 g/mol. The first-order valence-electron chi connectivity index (χ1n) is 2.72. The van der Waals surface area contributed by atoms with E-state index < -0.39 is 0 Å². The average Bonchev–Trinajstić information content (AvgIpc) is 2.19. The maximum absolute atomic E-state index is 4.92. The number of nitrogens with two attached hydrogens (primary N) is 1. The molecule has 1 aliphatic rings. The van der Waals surface area contributed by atoms with Gasteiger partial charge >= 0.3 is 0 Å². The Morgan fingerprint density at radius 1 is 1.75 bits per heavy atom. The molecule has 3 nitrogen and oxygen atoms in total. The molecule has 0 atom stereocenters. The third kappa shape index (κ3) is 1.12. The van der Waals surface area contributed by atoms with Gasteiger partial charge in [0.05, 0.1) is 0 Å². The molecule has 8 heavy (non-hydrogen) atoms. The van der Waals surface area contributed by atoms with Gasteiger partial charge in [0, 0.05) is 13.1 Å². The van der Waals surface area contributed by atoms with E-state index in [9.17, 15) is 0 Å². The van der Waals surface area contributed by atoms with Crippen molar-refractivity contribution in [3.8, 4) is 0 Å². The second-order valence-corrected chi connectivity index (χ2v) is 1.84. The van der Waals surface area contributed by atoms with E-state index in [4.69, 9.17) is 5.84 Å². The molecule has 1 radical (unpaired) electrons. The summed E-state index contributed by atoms with van der Waals surface area (Å²) in [7, 11) is 0. The Morgan fingerprint density at radius 3 is 3.12 bits per heavy atom. The summed E-state index contributed by atoms with van der Waals surface area (Å²) in [6.07, 6.45) is 5.04. The zero-order valence-corrected chi connectivity index (χ0v) is 4.75. The average molecular weight is 112 g/mol. The highest BCUT2D eigenvalue weighted by Crippen LogP contribution is 2.01. The Bertz CT molecular complexity index is 83.7. The summed E-state index contributed by atoms with van der Waals surface area (Å²) in [6.45, 7) is 2.07. The number of hydrogen-bond donors (Lipinski definition) is 1. The Morgan fingerprint density at radius 2 is 2.62 bits per heavy atom. The minimum atomic E-state index is 1.00. The van der Waals surface area contributed by atoms with Gasteiger partial charge in [0.2, 0.25) is 0 Å². The van der Waals surface area contributed by atoms with Crippen molar-refractivity contribution in [2.45, 2.75) is 6.42 Å². The number of likely N-dealkylation sites (tertiary alicyclic amines) is 1. The summed E-state index contributed by atoms with van der Waals surface area (Å²) >= 11 is 0. The highest BCUT2D eigenvalue weighted by molar-refractivity contribution is 5.55. The van der Waals surface area contributed by atoms with Crippen LogP contribution in [0, 0.1) is 6.42 Å². The van der Waals surface area contributed by atoms with E-state index in [2.05, 4.69) is 16.4 Å². The fourth-order valence-electron chi connectivity index (χ4n) is 0.805. The second kappa shape index (κ2) is 2.55. The summed E-state index contributed by atoms with van der Waals surface area (Å²) in [5.41, 5.74) is 0. The van der Waals surface area contributed by atoms with Gasteiger partial charge in [0.25, 0.3) is 0 Å². The van der Waals surface area contributed by atoms with Gasteiger partial charge in [0.1, 0.15) is 6.34 Å². The summed E-state index contributed by atoms with van der Waals surface area (Å²) in [5, 5.41) is 3.40. The molecular formula is C5H10N3. The van der Waals surface area contributed by atoms with Crippen molar-refractivity contribution in [3.63, 3.8) is 0 Å². The lowest BCUT2D eigenvalue weighted by atomic mass is 10.4. The molecule has 2 N–H and O–H groups in total. The normalized spacial score (nSPS) is 20.8. The third-order valence-electron chi connectivity index (χ3n) is 1.21. The molecule has 0 aromatic heterocycles. The van der Waals surface area contributed by atoms with Gasteiger partial charge < -0.3 is 10.7 Å². The van der Waals surface area contributed by atoms with Crippen LogP contribution in [0.25, 0.3) is 0 Å². The van der Waals surface area contributed by atoms with Crippen LogP contribution in [0.2, 0.25) is 0 Å². The van der Waals surface area contributed by atoms with Crippen LogP contribution in [-0.4, -0.2) is 24.3 Å². The molecule has 0 spiro atoms. The van der Waals surface area contributed by atoms with Crippen molar-refractivity contribution in [2.75, 3.05) is 13.1 Å². The van der Waals surface area contributed by atoms with E-state index in [1.165, 1.54) is 0 Å². The summed E-state index contributed by atoms with van der Waals surface area (Å²) in [5.74, 6) is 4.92. The molecule has 1 rings (SSSR count). The maximum atomic E-state index is 4.92. The molecule has 0 bridgehead atoms. The SMILES string of the molecule is N/N=C\N1C[CH]CC1. The van der Waals surface area contributed by atoms with Gasteiger partial charge in [-0.3, -0.25) is 0 Å². The lowest BCUT2D eigenvalue weighted by Gasteiger charge is -2.06. The molecule has 1 saturated heterocycles. The van der Waals surface area contributed by atoms with Crippen LogP contribution in [0.5, 0.6) is 0 Å². The van der Waals surface area contributed by atoms with Gasteiger partial charge in [-0.05, 0) is 12.8 Å². The van der Waals surface area contributed by atoms with Gasteiger partial charge in [-0.2, -0.15) is 5.10 Å². The van der Waals surface area contributed by atoms with Gasteiger partial charge in [0.15, 0.2) is 0 Å². The minimum absolute atomic E-state index is 1.00. The van der Waals surface area contributed by atoms with Crippen molar-refractivity contribution in [1.29, 1.82) is 0 Å². The molecule has 0 saturated carbocycles. The summed E-state index contributed by atoms with van der Waals surface area (Å²) in [6, 6.07) is 0. The van der Waals surface area contributed by atoms with E-state index in [1.807, 2.05) is 0 Å². The van der Waals surface area contributed by atoms with Gasteiger partial charge in [-0.1, -0.05) is 0 Å². The molecule has 0 amide bonds. The molecule has 0 unspecified atom stereocenters. The number of hydrazone groups is 1. The number of hydrogen-bond acceptors (Lipinski definition) is 2. The van der Waals surface area contributed by atoms with Crippen LogP contribution in [0.15, 0.2) is 5.10 Å². The molecule has 3 heteroatoms. The van der Waals surface area contributed by atoms with Crippen molar-refractivity contribution in [2.24, 2.45) is 10.9 Å². The Kier molecular flexibility index (Phi) is 1.72. The van der Waals surface area contributed by atoms with Crippen molar-refractivity contribution in [3.05, 3.63) is 6.42 Å². The number of rotatable bonds is 1. The van der Waals surface area contributed by atoms with Crippen molar-refractivity contribution in [1.82, 2.24) is 4.90 Å². The fourth-order valence-corrected chi connectivity index (χ4v) is 0.805. The molecule has 0 aliphatic carbocycles. The lowest BCUT2D eigenvalue weighted by Crippen LogP contribution is -2.17. The van der Waals surface area contributed by atoms with E-state index in [1.54, 1.807) is 6.34 Å². The smallest absolute Gasteiger partial charge is 0.111 e. The van der Waals surface area contributed by atoms with Crippen LogP contribution >= 0.6 is 0 Å². The van der Waals surface area contributed by atoms with Gasteiger partial charge in [-0.15, -0.1) is 0 Å². The highest BCUT2D eigenvalue weighted by atomic mass is 15.2. The second-order valence-electron chi connectivity index (χ2n) is 1.84. The quantitative estimate of drug-likeness (QED) is 0.221. The van der Waals surface area contributed by atoms with Crippen LogP contribution in [0.3, 0.4) is 0 Å². The van der Waals surface area contributed by atoms with Crippen LogP contribution < -0.4 is 5.84 Å². The van der Waals surface area contributed by atoms with Crippen LogP contribution in [0.1, 0.15) is 6.42 Å². The zero-order chi connectivity index (χ0) is 5.82. The topological polar surface area (TPSA) is 41.6 Å². The molecule has 0 aromatic rings. The highest BCUT2D eigenvalue weighted by Gasteiger charge is 2.06. The minimum Gasteiger partial charge on any atom is -0.361 e. The van der Waals surface area contributed by atoms with Crippen molar-refractivity contribution >= 4 is 6.34 Å². The maximum Gasteiger partial charge on any atom is 0.111 e. The number of nitrogens with zero attached hydrogens (tertiary/aromatic N) is 2. The molecule has 1 fully saturated rings. The Hall–Kier alpha value is -0.730. The summed E-state index contributed by atoms with van der Waals surface area (Å²) < 4.78 is 0. The summed E-state index contributed by atoms with van der Waals surface area (Å²) in [4.78, 5) is 2.07. The van der Waals surface area contributed by atoms with E-state index in [0.717, 1.165) is 19.5 Å². The predicted octanol–water partition coefficient (Wildman–Crippen LogP) is -0.202. The Labute approximate surface area is 49.2 Å². The largest absolute Gasteiger partial charge is 0.361 e.